The molecule has 0 aliphatic rings. The van der Waals surface area contributed by atoms with Gasteiger partial charge in [0.15, 0.2) is 0 Å². The monoisotopic (exact) mass is 372 g/mol. The summed E-state index contributed by atoms with van der Waals surface area (Å²) in [7, 11) is 0. The third-order valence-corrected chi connectivity index (χ3v) is 0. The second-order valence-corrected chi connectivity index (χ2v) is 0. The molecular formula is C2H12S3Sn2. The standard InChI is InChI=1S/2CH3.3H2S.2Sn/h2*1H3;3*1H2;;. The molecule has 46 valence electrons. The Hall–Kier alpha value is 2.65. The molecule has 0 amide bonds. The molecule has 0 saturated carbocycles. The van der Waals surface area contributed by atoms with E-state index in [1.54, 1.807) is 45.0 Å². The molecule has 0 N–H and O–H groups in total. The van der Waals surface area contributed by atoms with Crippen molar-refractivity contribution in [1.29, 1.82) is 0 Å². The first-order chi connectivity index (χ1) is 2.00. The van der Waals surface area contributed by atoms with E-state index >= 15 is 0 Å². The van der Waals surface area contributed by atoms with Gasteiger partial charge in [-0.3, -0.25) is 0 Å². The van der Waals surface area contributed by atoms with E-state index in [9.17, 15) is 0 Å². The van der Waals surface area contributed by atoms with Gasteiger partial charge in [-0.05, 0) is 0 Å². The zero-order valence-electron chi connectivity index (χ0n) is 4.50. The van der Waals surface area contributed by atoms with Crippen LogP contribution in [0.15, 0.2) is 0 Å². The molecule has 0 rings (SSSR count). The summed E-state index contributed by atoms with van der Waals surface area (Å²) in [5.74, 6) is 0. The van der Waals surface area contributed by atoms with Crippen LogP contribution in [-0.4, -0.2) is 45.0 Å². The SMILES string of the molecule is S.S.S.[CH3][Sn].[CH3][Sn]. The Morgan fingerprint density at radius 2 is 0.571 bits per heavy atom. The van der Waals surface area contributed by atoms with Crippen LogP contribution in [0.2, 0.25) is 9.88 Å². The van der Waals surface area contributed by atoms with Crippen molar-refractivity contribution in [2.24, 2.45) is 0 Å². The van der Waals surface area contributed by atoms with Gasteiger partial charge in [-0.25, -0.2) is 0 Å². The van der Waals surface area contributed by atoms with Gasteiger partial charge in [-0.1, -0.05) is 0 Å². The van der Waals surface area contributed by atoms with Crippen molar-refractivity contribution in [2.75, 3.05) is 0 Å². The molecule has 0 aromatic heterocycles. The van der Waals surface area contributed by atoms with Crippen molar-refractivity contribution in [3.05, 3.63) is 0 Å². The molecule has 0 fully saturated rings. The average molecular weight is 370 g/mol. The van der Waals surface area contributed by atoms with Gasteiger partial charge in [0, 0.05) is 0 Å². The Morgan fingerprint density at radius 3 is 0.571 bits per heavy atom. The first-order valence-corrected chi connectivity index (χ1v) is 6.71. The third kappa shape index (κ3) is 54.5. The van der Waals surface area contributed by atoms with E-state index in [4.69, 9.17) is 0 Å². The Labute approximate surface area is 94.1 Å². The van der Waals surface area contributed by atoms with E-state index in [2.05, 4.69) is 9.88 Å². The summed E-state index contributed by atoms with van der Waals surface area (Å²) >= 11 is 3.10. The molecule has 7 heavy (non-hydrogen) atoms. The first-order valence-electron chi connectivity index (χ1n) is 1.00. The predicted octanol–water partition coefficient (Wildman–Crippen LogP) is 0.744. The Bertz CT molecular complexity index is 10.9. The van der Waals surface area contributed by atoms with Gasteiger partial charge in [0.1, 0.15) is 0 Å². The number of rotatable bonds is 0. The molecule has 0 spiro atoms. The molecular weight excluding hydrogens is 358 g/mol. The summed E-state index contributed by atoms with van der Waals surface area (Å²) in [5, 5.41) is 0. The molecule has 0 nitrogen and oxygen atoms in total. The summed E-state index contributed by atoms with van der Waals surface area (Å²) in [4.78, 5) is 4.18. The van der Waals surface area contributed by atoms with Crippen molar-refractivity contribution in [3.63, 3.8) is 0 Å². The molecule has 0 atom stereocenters. The van der Waals surface area contributed by atoms with Crippen LogP contribution in [0.3, 0.4) is 0 Å². The van der Waals surface area contributed by atoms with Crippen LogP contribution >= 0.6 is 40.5 Å². The molecule has 5 heteroatoms. The van der Waals surface area contributed by atoms with Crippen LogP contribution in [0.5, 0.6) is 0 Å². The van der Waals surface area contributed by atoms with Crippen LogP contribution in [0.25, 0.3) is 0 Å². The van der Waals surface area contributed by atoms with Crippen molar-refractivity contribution in [3.8, 4) is 0 Å². The number of hydrogen-bond acceptors (Lipinski definition) is 0. The average Bonchev–Trinajstić information content (AvgIpc) is 1.50. The second-order valence-electron chi connectivity index (χ2n) is 0. The summed E-state index contributed by atoms with van der Waals surface area (Å²) in [6.45, 7) is 0. The topological polar surface area (TPSA) is 0 Å². The Kier molecular flexibility index (Phi) is 344. The summed E-state index contributed by atoms with van der Waals surface area (Å²) in [6, 6.07) is 0. The maximum atomic E-state index is 2.09. The molecule has 0 aliphatic heterocycles. The van der Waals surface area contributed by atoms with Gasteiger partial charge in [0.05, 0.1) is 0 Å². The van der Waals surface area contributed by atoms with E-state index < -0.39 is 0 Å². The quantitative estimate of drug-likeness (QED) is 0.553. The van der Waals surface area contributed by atoms with Gasteiger partial charge >= 0.3 is 54.9 Å². The van der Waals surface area contributed by atoms with Gasteiger partial charge in [0.2, 0.25) is 0 Å². The van der Waals surface area contributed by atoms with Gasteiger partial charge in [-0.15, -0.1) is 0 Å². The van der Waals surface area contributed by atoms with Crippen molar-refractivity contribution >= 4 is 85.5 Å². The Balaban J connectivity index is -0.00000000267. The zero-order chi connectivity index (χ0) is 4.00. The van der Waals surface area contributed by atoms with E-state index in [-0.39, 0.29) is 40.5 Å². The fourth-order valence-electron chi connectivity index (χ4n) is 0. The van der Waals surface area contributed by atoms with Crippen LogP contribution < -0.4 is 0 Å². The van der Waals surface area contributed by atoms with E-state index in [0.717, 1.165) is 0 Å². The first kappa shape index (κ1) is 33.4. The molecule has 0 aromatic carbocycles. The van der Waals surface area contributed by atoms with E-state index in [1.165, 1.54) is 0 Å². The van der Waals surface area contributed by atoms with Crippen LogP contribution in [-0.2, 0) is 0 Å². The van der Waals surface area contributed by atoms with Gasteiger partial charge in [-0.2, -0.15) is 40.5 Å². The molecule has 0 saturated heterocycles. The van der Waals surface area contributed by atoms with Crippen molar-refractivity contribution in [2.45, 2.75) is 9.88 Å². The second kappa shape index (κ2) is 72.2. The summed E-state index contributed by atoms with van der Waals surface area (Å²) in [6.07, 6.45) is 0. The molecule has 0 aromatic rings. The third-order valence-electron chi connectivity index (χ3n) is 0. The summed E-state index contributed by atoms with van der Waals surface area (Å²) < 4.78 is 0. The molecule has 0 heterocycles. The van der Waals surface area contributed by atoms with Crippen LogP contribution in [0.4, 0.5) is 0 Å². The molecule has 0 bridgehead atoms. The maximum absolute atomic E-state index is 2.09. The van der Waals surface area contributed by atoms with Crippen molar-refractivity contribution < 1.29 is 0 Å². The normalized spacial score (nSPS) is 1.71. The van der Waals surface area contributed by atoms with Gasteiger partial charge < -0.3 is 0 Å². The van der Waals surface area contributed by atoms with Crippen LogP contribution in [0, 0.1) is 0 Å². The minimum atomic E-state index is 0. The van der Waals surface area contributed by atoms with Crippen LogP contribution in [0.1, 0.15) is 0 Å². The zero-order valence-corrected chi connectivity index (χ0v) is 13.2. The minimum absolute atomic E-state index is 0. The van der Waals surface area contributed by atoms with E-state index in [1.807, 2.05) is 0 Å². The number of hydrogen-bond donors (Lipinski definition) is 0. The van der Waals surface area contributed by atoms with Gasteiger partial charge in [0.25, 0.3) is 0 Å². The van der Waals surface area contributed by atoms with E-state index in [0.29, 0.717) is 0 Å². The molecule has 0 aliphatic carbocycles. The Morgan fingerprint density at radius 1 is 0.571 bits per heavy atom. The fourth-order valence-corrected chi connectivity index (χ4v) is 0. The molecule has 6 radical (unpaired) electrons. The fraction of sp³-hybridized carbons (Fsp3) is 1.00. The summed E-state index contributed by atoms with van der Waals surface area (Å²) in [5.41, 5.74) is 0. The predicted molar refractivity (Wildman–Crippen MR) is 54.4 cm³/mol. The van der Waals surface area contributed by atoms with Crippen molar-refractivity contribution in [1.82, 2.24) is 0 Å². The molecule has 0 unspecified atom stereocenters.